The summed E-state index contributed by atoms with van der Waals surface area (Å²) in [4.78, 5) is 11.1. The van der Waals surface area contributed by atoms with Gasteiger partial charge in [0.05, 0.1) is 17.7 Å². The number of terminal acetylenes is 1. The van der Waals surface area contributed by atoms with Crippen molar-refractivity contribution in [1.29, 1.82) is 0 Å². The Kier molecular flexibility index (Phi) is 5.50. The number of rotatable bonds is 3. The smallest absolute Gasteiger partial charge is 0.157 e. The number of phenolic OH excluding ortho intramolecular Hbond substituents is 1. The standard InChI is InChI=1S/C28H23ClF2N4O2/c1-3-18-21(30)5-4-15-8-17(37)9-19(23(15)18)25-24(31)22-14(2)26(29)33-27(20(22)10-32-25)35-11-16-6-7-28(12-35,13-36)34-16/h1,4-5,8-10,16,34,36-37H,6-7,11-13H2,2H3. The van der Waals surface area contributed by atoms with Crippen LogP contribution in [0.1, 0.15) is 24.0 Å². The molecule has 4 aromatic rings. The number of halogens is 3. The molecule has 0 spiro atoms. The highest BCUT2D eigenvalue weighted by Gasteiger charge is 2.45. The molecule has 4 heterocycles. The second-order valence-electron chi connectivity index (χ2n) is 9.92. The topological polar surface area (TPSA) is 81.5 Å². The van der Waals surface area contributed by atoms with Gasteiger partial charge in [-0.25, -0.2) is 13.8 Å². The second kappa shape index (κ2) is 8.52. The van der Waals surface area contributed by atoms with Crippen molar-refractivity contribution in [3.63, 3.8) is 0 Å². The molecule has 0 amide bonds. The van der Waals surface area contributed by atoms with Crippen LogP contribution in [0.4, 0.5) is 14.6 Å². The molecule has 2 bridgehead atoms. The molecule has 2 aromatic heterocycles. The van der Waals surface area contributed by atoms with E-state index in [4.69, 9.17) is 18.0 Å². The fourth-order valence-electron chi connectivity index (χ4n) is 5.87. The van der Waals surface area contributed by atoms with Crippen LogP contribution < -0.4 is 10.2 Å². The van der Waals surface area contributed by atoms with Gasteiger partial charge in [0.25, 0.3) is 0 Å². The van der Waals surface area contributed by atoms with E-state index in [0.29, 0.717) is 35.2 Å². The van der Waals surface area contributed by atoms with Crippen LogP contribution in [0.3, 0.4) is 0 Å². The number of hydrogen-bond acceptors (Lipinski definition) is 6. The maximum Gasteiger partial charge on any atom is 0.157 e. The summed E-state index contributed by atoms with van der Waals surface area (Å²) in [5.74, 6) is 1.41. The van der Waals surface area contributed by atoms with Crippen LogP contribution in [0, 0.1) is 30.9 Å². The third kappa shape index (κ3) is 3.61. The van der Waals surface area contributed by atoms with Crippen molar-refractivity contribution in [3.8, 4) is 29.4 Å². The molecule has 2 aliphatic rings. The maximum atomic E-state index is 16.4. The fraction of sp³-hybridized carbons (Fsp3) is 0.286. The number of fused-ring (bicyclic) bond motifs is 4. The summed E-state index contributed by atoms with van der Waals surface area (Å²) in [5.41, 5.74) is 0.0410. The molecule has 2 saturated heterocycles. The van der Waals surface area contributed by atoms with Crippen molar-refractivity contribution in [2.75, 3.05) is 24.6 Å². The van der Waals surface area contributed by atoms with Crippen LogP contribution in [-0.4, -0.2) is 51.5 Å². The molecule has 2 atom stereocenters. The van der Waals surface area contributed by atoms with Gasteiger partial charge in [0.15, 0.2) is 5.82 Å². The lowest BCUT2D eigenvalue weighted by Gasteiger charge is -2.41. The van der Waals surface area contributed by atoms with Gasteiger partial charge in [-0.3, -0.25) is 4.98 Å². The van der Waals surface area contributed by atoms with Crippen molar-refractivity contribution < 1.29 is 19.0 Å². The fourth-order valence-corrected chi connectivity index (χ4v) is 6.04. The zero-order chi connectivity index (χ0) is 26.1. The lowest BCUT2D eigenvalue weighted by atomic mass is 9.94. The minimum Gasteiger partial charge on any atom is -0.508 e. The van der Waals surface area contributed by atoms with Crippen LogP contribution in [0.15, 0.2) is 30.5 Å². The Balaban J connectivity index is 1.60. The average molecular weight is 521 g/mol. The lowest BCUT2D eigenvalue weighted by Crippen LogP contribution is -2.61. The summed E-state index contributed by atoms with van der Waals surface area (Å²) in [7, 11) is 0. The number of nitrogens with one attached hydrogen (secondary N) is 1. The predicted molar refractivity (Wildman–Crippen MR) is 140 cm³/mol. The van der Waals surface area contributed by atoms with E-state index < -0.39 is 17.2 Å². The van der Waals surface area contributed by atoms with E-state index in [9.17, 15) is 14.6 Å². The molecule has 37 heavy (non-hydrogen) atoms. The molecule has 9 heteroatoms. The van der Waals surface area contributed by atoms with E-state index in [1.807, 2.05) is 4.90 Å². The van der Waals surface area contributed by atoms with Gasteiger partial charge in [-0.2, -0.15) is 0 Å². The number of aryl methyl sites for hydroxylation is 1. The Labute approximate surface area is 216 Å². The van der Waals surface area contributed by atoms with Gasteiger partial charge in [0.2, 0.25) is 0 Å². The third-order valence-electron chi connectivity index (χ3n) is 7.62. The minimum absolute atomic E-state index is 0.0209. The monoisotopic (exact) mass is 520 g/mol. The number of aromatic nitrogens is 2. The lowest BCUT2D eigenvalue weighted by molar-refractivity contribution is 0.166. The van der Waals surface area contributed by atoms with E-state index in [2.05, 4.69) is 21.2 Å². The molecule has 3 N–H and O–H groups in total. The first kappa shape index (κ1) is 23.9. The summed E-state index contributed by atoms with van der Waals surface area (Å²) >= 11 is 6.52. The first-order valence-corrected chi connectivity index (χ1v) is 12.3. The quantitative estimate of drug-likeness (QED) is 0.269. The van der Waals surface area contributed by atoms with Gasteiger partial charge >= 0.3 is 0 Å². The SMILES string of the molecule is C#Cc1c(F)ccc2cc(O)cc(-c3ncc4c(N5CC6CCC(CO)(C5)N6)nc(Cl)c(C)c4c3F)c12. The van der Waals surface area contributed by atoms with Crippen LogP contribution in [0.2, 0.25) is 5.15 Å². The van der Waals surface area contributed by atoms with E-state index in [0.717, 1.165) is 12.8 Å². The normalized spacial score (nSPS) is 21.1. The number of phenols is 1. The van der Waals surface area contributed by atoms with E-state index in [1.165, 1.54) is 30.5 Å². The van der Waals surface area contributed by atoms with Crippen molar-refractivity contribution >= 4 is 39.0 Å². The van der Waals surface area contributed by atoms with Gasteiger partial charge in [-0.15, -0.1) is 6.42 Å². The van der Waals surface area contributed by atoms with E-state index >= 15 is 4.39 Å². The number of anilines is 1. The average Bonchev–Trinajstić information content (AvgIpc) is 3.19. The van der Waals surface area contributed by atoms with Crippen LogP contribution in [0.25, 0.3) is 32.8 Å². The molecule has 6 nitrogen and oxygen atoms in total. The third-order valence-corrected chi connectivity index (χ3v) is 7.99. The van der Waals surface area contributed by atoms with Gasteiger partial charge in [0.1, 0.15) is 28.2 Å². The van der Waals surface area contributed by atoms with E-state index in [-0.39, 0.29) is 51.1 Å². The number of pyridine rings is 2. The predicted octanol–water partition coefficient (Wildman–Crippen LogP) is 4.68. The summed E-state index contributed by atoms with van der Waals surface area (Å²) in [6.07, 6.45) is 8.88. The van der Waals surface area contributed by atoms with Crippen LogP contribution in [0.5, 0.6) is 5.75 Å². The molecular formula is C28H23ClF2N4O2. The number of aromatic hydroxyl groups is 1. The summed E-state index contributed by atoms with van der Waals surface area (Å²) in [6, 6.07) is 5.64. The highest BCUT2D eigenvalue weighted by Crippen LogP contribution is 2.41. The molecular weight excluding hydrogens is 498 g/mol. The molecule has 188 valence electrons. The first-order valence-electron chi connectivity index (χ1n) is 12.0. The van der Waals surface area contributed by atoms with Gasteiger partial charge < -0.3 is 20.4 Å². The Morgan fingerprint density at radius 2 is 2.11 bits per heavy atom. The molecule has 2 fully saturated rings. The maximum absolute atomic E-state index is 16.4. The number of hydrogen-bond donors (Lipinski definition) is 3. The molecule has 2 aromatic carbocycles. The zero-order valence-electron chi connectivity index (χ0n) is 19.9. The molecule has 2 unspecified atom stereocenters. The highest BCUT2D eigenvalue weighted by molar-refractivity contribution is 6.31. The summed E-state index contributed by atoms with van der Waals surface area (Å²) in [5, 5.41) is 25.5. The van der Waals surface area contributed by atoms with E-state index in [1.54, 1.807) is 6.92 Å². The minimum atomic E-state index is -0.672. The highest BCUT2D eigenvalue weighted by atomic mass is 35.5. The molecule has 6 rings (SSSR count). The Morgan fingerprint density at radius 3 is 2.86 bits per heavy atom. The van der Waals surface area contributed by atoms with Crippen LogP contribution in [-0.2, 0) is 0 Å². The summed E-state index contributed by atoms with van der Waals surface area (Å²) < 4.78 is 31.0. The number of aliphatic hydroxyl groups excluding tert-OH is 1. The Hall–Kier alpha value is -3.51. The van der Waals surface area contributed by atoms with Crippen molar-refractivity contribution in [2.45, 2.75) is 31.3 Å². The first-order chi connectivity index (χ1) is 17.7. The molecule has 0 aliphatic carbocycles. The van der Waals surface area contributed by atoms with Crippen LogP contribution >= 0.6 is 11.6 Å². The van der Waals surface area contributed by atoms with Crippen molar-refractivity contribution in [3.05, 3.63) is 58.4 Å². The number of benzene rings is 2. The Morgan fingerprint density at radius 1 is 1.30 bits per heavy atom. The van der Waals surface area contributed by atoms with Gasteiger partial charge in [0, 0.05) is 47.1 Å². The number of nitrogens with zero attached hydrogens (tertiary/aromatic N) is 3. The molecule has 0 saturated carbocycles. The molecule has 2 aliphatic heterocycles. The largest absolute Gasteiger partial charge is 0.508 e. The molecule has 0 radical (unpaired) electrons. The van der Waals surface area contributed by atoms with Crippen molar-refractivity contribution in [2.24, 2.45) is 0 Å². The Bertz CT molecular complexity index is 1650. The summed E-state index contributed by atoms with van der Waals surface area (Å²) in [6.45, 7) is 2.78. The number of aliphatic hydroxyl groups is 1. The van der Waals surface area contributed by atoms with Gasteiger partial charge in [-0.05, 0) is 48.9 Å². The van der Waals surface area contributed by atoms with Gasteiger partial charge in [-0.1, -0.05) is 23.6 Å². The number of piperazine rings is 1. The second-order valence-corrected chi connectivity index (χ2v) is 10.3. The zero-order valence-corrected chi connectivity index (χ0v) is 20.7. The van der Waals surface area contributed by atoms with Crippen molar-refractivity contribution in [1.82, 2.24) is 15.3 Å².